The van der Waals surface area contributed by atoms with Gasteiger partial charge in [-0.15, -0.1) is 0 Å². The number of hydrogen-bond donors (Lipinski definition) is 2. The second-order valence-corrected chi connectivity index (χ2v) is 11.8. The summed E-state index contributed by atoms with van der Waals surface area (Å²) >= 11 is 0. The zero-order valence-corrected chi connectivity index (χ0v) is 26.8. The van der Waals surface area contributed by atoms with Crippen molar-refractivity contribution in [1.29, 1.82) is 0 Å². The molecular formula is C36H66O5. The number of esters is 2. The zero-order valence-electron chi connectivity index (χ0n) is 26.8. The Morgan fingerprint density at radius 3 is 1.54 bits per heavy atom. The molecule has 0 aliphatic carbocycles. The van der Waals surface area contributed by atoms with Crippen LogP contribution in [0.1, 0.15) is 180 Å². The van der Waals surface area contributed by atoms with Gasteiger partial charge in [-0.25, -0.2) is 4.79 Å². The number of carbonyl (C=O) groups is 2. The number of hydrogen-bond acceptors (Lipinski definition) is 5. The van der Waals surface area contributed by atoms with Crippen molar-refractivity contribution in [2.45, 2.75) is 186 Å². The van der Waals surface area contributed by atoms with Crippen molar-refractivity contribution >= 4 is 11.9 Å². The fraction of sp³-hybridized carbons (Fsp3) is 0.833. The first-order valence-electron chi connectivity index (χ1n) is 17.4. The van der Waals surface area contributed by atoms with E-state index in [0.29, 0.717) is 13.0 Å². The molecule has 0 bridgehead atoms. The molecule has 1 unspecified atom stereocenters. The van der Waals surface area contributed by atoms with Crippen LogP contribution >= 0.6 is 0 Å². The molecule has 0 spiro atoms. The van der Waals surface area contributed by atoms with Gasteiger partial charge in [0, 0.05) is 13.0 Å². The van der Waals surface area contributed by atoms with E-state index in [1.54, 1.807) is 0 Å². The first-order chi connectivity index (χ1) is 20.1. The highest BCUT2D eigenvalue weighted by molar-refractivity contribution is 5.87. The van der Waals surface area contributed by atoms with Crippen LogP contribution in [0.3, 0.4) is 0 Å². The SMILES string of the molecule is CCCCC/C=C\C/C=C\CCCCCCC(O)C(=O)OC(=O)CCCCCCCCCCCCCCCCCO. The maximum absolute atomic E-state index is 12.0. The van der Waals surface area contributed by atoms with Crippen molar-refractivity contribution in [2.75, 3.05) is 6.61 Å². The van der Waals surface area contributed by atoms with E-state index in [2.05, 4.69) is 31.2 Å². The molecule has 41 heavy (non-hydrogen) atoms. The van der Waals surface area contributed by atoms with Crippen LogP contribution < -0.4 is 0 Å². The number of aliphatic hydroxyl groups excluding tert-OH is 2. The minimum Gasteiger partial charge on any atom is -0.396 e. The molecule has 0 aromatic carbocycles. The van der Waals surface area contributed by atoms with Crippen molar-refractivity contribution in [3.63, 3.8) is 0 Å². The highest BCUT2D eigenvalue weighted by Crippen LogP contribution is 2.14. The normalized spacial score (nSPS) is 12.5. The van der Waals surface area contributed by atoms with Gasteiger partial charge in [0.25, 0.3) is 0 Å². The van der Waals surface area contributed by atoms with Gasteiger partial charge in [-0.1, -0.05) is 147 Å². The fourth-order valence-electron chi connectivity index (χ4n) is 5.00. The molecule has 0 aromatic rings. The quantitative estimate of drug-likeness (QED) is 0.0370. The van der Waals surface area contributed by atoms with Crippen molar-refractivity contribution < 1.29 is 24.5 Å². The van der Waals surface area contributed by atoms with Gasteiger partial charge in [0.05, 0.1) is 0 Å². The maximum atomic E-state index is 12.0. The van der Waals surface area contributed by atoms with Gasteiger partial charge in [0.15, 0.2) is 6.10 Å². The molecule has 0 aliphatic rings. The van der Waals surface area contributed by atoms with Crippen molar-refractivity contribution in [3.8, 4) is 0 Å². The fourth-order valence-corrected chi connectivity index (χ4v) is 5.00. The smallest absolute Gasteiger partial charge is 0.342 e. The molecule has 0 saturated heterocycles. The van der Waals surface area contributed by atoms with Crippen LogP contribution in [0.25, 0.3) is 0 Å². The Balaban J connectivity index is 3.47. The van der Waals surface area contributed by atoms with Crippen LogP contribution in [-0.4, -0.2) is 34.9 Å². The van der Waals surface area contributed by atoms with Crippen LogP contribution in [0.2, 0.25) is 0 Å². The molecule has 0 radical (unpaired) electrons. The molecule has 5 nitrogen and oxygen atoms in total. The zero-order chi connectivity index (χ0) is 30.1. The molecule has 0 saturated carbocycles. The first-order valence-corrected chi connectivity index (χ1v) is 17.4. The third kappa shape index (κ3) is 31.3. The minimum atomic E-state index is -1.19. The van der Waals surface area contributed by atoms with E-state index in [1.165, 1.54) is 89.9 Å². The van der Waals surface area contributed by atoms with E-state index in [4.69, 9.17) is 9.84 Å². The molecule has 240 valence electrons. The molecular weight excluding hydrogens is 512 g/mol. The van der Waals surface area contributed by atoms with Gasteiger partial charge in [-0.05, 0) is 51.4 Å². The minimum absolute atomic E-state index is 0.251. The van der Waals surface area contributed by atoms with Gasteiger partial charge in [0.2, 0.25) is 0 Å². The lowest BCUT2D eigenvalue weighted by molar-refractivity contribution is -0.166. The Labute approximate surface area is 253 Å². The second kappa shape index (κ2) is 33.0. The second-order valence-electron chi connectivity index (χ2n) is 11.8. The average molecular weight is 579 g/mol. The maximum Gasteiger partial charge on any atom is 0.342 e. The Morgan fingerprint density at radius 1 is 0.585 bits per heavy atom. The average Bonchev–Trinajstić information content (AvgIpc) is 2.96. The Bertz CT molecular complexity index is 627. The first kappa shape index (κ1) is 39.5. The van der Waals surface area contributed by atoms with Gasteiger partial charge in [0.1, 0.15) is 0 Å². The number of aliphatic hydroxyl groups is 2. The van der Waals surface area contributed by atoms with E-state index >= 15 is 0 Å². The lowest BCUT2D eigenvalue weighted by Gasteiger charge is -2.09. The van der Waals surface area contributed by atoms with Gasteiger partial charge in [-0.2, -0.15) is 0 Å². The summed E-state index contributed by atoms with van der Waals surface area (Å²) in [6.07, 6.45) is 37.4. The van der Waals surface area contributed by atoms with Crippen molar-refractivity contribution in [3.05, 3.63) is 24.3 Å². The van der Waals surface area contributed by atoms with E-state index in [0.717, 1.165) is 70.6 Å². The Hall–Kier alpha value is -1.46. The number of allylic oxidation sites excluding steroid dienone is 4. The van der Waals surface area contributed by atoms with Crippen LogP contribution in [0.15, 0.2) is 24.3 Å². The molecule has 0 aromatic heterocycles. The largest absolute Gasteiger partial charge is 0.396 e. The molecule has 0 amide bonds. The van der Waals surface area contributed by atoms with Crippen molar-refractivity contribution in [2.24, 2.45) is 0 Å². The van der Waals surface area contributed by atoms with Crippen LogP contribution in [0.5, 0.6) is 0 Å². The summed E-state index contributed by atoms with van der Waals surface area (Å²) in [5.74, 6) is -1.30. The Kier molecular flexibility index (Phi) is 31.9. The lowest BCUT2D eigenvalue weighted by Crippen LogP contribution is -2.25. The third-order valence-electron chi connectivity index (χ3n) is 7.70. The van der Waals surface area contributed by atoms with Crippen LogP contribution in [0, 0.1) is 0 Å². The molecule has 2 N–H and O–H groups in total. The molecule has 1 atom stereocenters. The predicted octanol–water partition coefficient (Wildman–Crippen LogP) is 10.1. The van der Waals surface area contributed by atoms with Crippen LogP contribution in [0.4, 0.5) is 0 Å². The molecule has 5 heteroatoms. The number of rotatable bonds is 31. The summed E-state index contributed by atoms with van der Waals surface area (Å²) in [7, 11) is 0. The predicted molar refractivity (Wildman–Crippen MR) is 173 cm³/mol. The molecule has 0 fully saturated rings. The highest BCUT2D eigenvalue weighted by atomic mass is 16.6. The monoisotopic (exact) mass is 578 g/mol. The standard InChI is InChI=1S/C36H66O5/c1-2-3-4-5-6-7-8-9-13-16-19-22-25-28-31-34(38)36(40)41-35(39)32-29-26-23-20-17-14-11-10-12-15-18-21-24-27-30-33-37/h6-7,9,13,34,37-38H,2-5,8,10-12,14-33H2,1H3/b7-6-,13-9-. The van der Waals surface area contributed by atoms with E-state index < -0.39 is 18.0 Å². The lowest BCUT2D eigenvalue weighted by atomic mass is 10.0. The van der Waals surface area contributed by atoms with Gasteiger partial charge < -0.3 is 14.9 Å². The topological polar surface area (TPSA) is 83.8 Å². The number of ether oxygens (including phenoxy) is 1. The van der Waals surface area contributed by atoms with Gasteiger partial charge >= 0.3 is 11.9 Å². The van der Waals surface area contributed by atoms with E-state index in [9.17, 15) is 14.7 Å². The van der Waals surface area contributed by atoms with E-state index in [1.807, 2.05) is 0 Å². The molecule has 0 rings (SSSR count). The highest BCUT2D eigenvalue weighted by Gasteiger charge is 2.19. The number of carbonyl (C=O) groups excluding carboxylic acids is 2. The molecule has 0 aliphatic heterocycles. The Morgan fingerprint density at radius 2 is 1.02 bits per heavy atom. The summed E-state index contributed by atoms with van der Waals surface area (Å²) in [6, 6.07) is 0. The number of unbranched alkanes of at least 4 members (excludes halogenated alkanes) is 21. The summed E-state index contributed by atoms with van der Waals surface area (Å²) < 4.78 is 4.85. The van der Waals surface area contributed by atoms with Gasteiger partial charge in [-0.3, -0.25) is 4.79 Å². The third-order valence-corrected chi connectivity index (χ3v) is 7.70. The summed E-state index contributed by atoms with van der Waals surface area (Å²) in [5, 5.41) is 18.8. The summed E-state index contributed by atoms with van der Waals surface area (Å²) in [5.41, 5.74) is 0. The van der Waals surface area contributed by atoms with Crippen molar-refractivity contribution in [1.82, 2.24) is 0 Å². The summed E-state index contributed by atoms with van der Waals surface area (Å²) in [4.78, 5) is 23.9. The summed E-state index contributed by atoms with van der Waals surface area (Å²) in [6.45, 7) is 2.56. The molecule has 0 heterocycles. The van der Waals surface area contributed by atoms with E-state index in [-0.39, 0.29) is 6.42 Å². The van der Waals surface area contributed by atoms with Crippen LogP contribution in [-0.2, 0) is 14.3 Å².